The van der Waals surface area contributed by atoms with Crippen molar-refractivity contribution < 1.29 is 4.79 Å². The van der Waals surface area contributed by atoms with E-state index in [1.807, 2.05) is 48.5 Å². The van der Waals surface area contributed by atoms with Crippen LogP contribution in [0.2, 0.25) is 0 Å². The number of carbonyl (C=O) groups excluding carboxylic acids is 1. The Balaban J connectivity index is 1.38. The van der Waals surface area contributed by atoms with Gasteiger partial charge >= 0.3 is 0 Å². The van der Waals surface area contributed by atoms with Gasteiger partial charge in [0.05, 0.1) is 23.1 Å². The second-order valence-electron chi connectivity index (χ2n) is 8.07. The number of nitrogens with two attached hydrogens (primary N) is 1. The van der Waals surface area contributed by atoms with Crippen LogP contribution in [0.3, 0.4) is 0 Å². The Morgan fingerprint density at radius 3 is 2.59 bits per heavy atom. The zero-order valence-electron chi connectivity index (χ0n) is 17.8. The molecule has 2 aromatic carbocycles. The number of Topliss-reactive ketones (excluding diaryl/α,β-unsaturated/α-hetero) is 1. The van der Waals surface area contributed by atoms with Crippen LogP contribution in [-0.4, -0.2) is 41.9 Å². The average Bonchev–Trinajstić information content (AvgIpc) is 2.85. The Morgan fingerprint density at radius 2 is 1.78 bits per heavy atom. The molecule has 5 rings (SSSR count). The lowest BCUT2D eigenvalue weighted by atomic mass is 10.0. The predicted molar refractivity (Wildman–Crippen MR) is 129 cm³/mol. The van der Waals surface area contributed by atoms with E-state index in [0.29, 0.717) is 11.3 Å². The maximum atomic E-state index is 13.0. The molecule has 1 aliphatic rings. The van der Waals surface area contributed by atoms with E-state index in [9.17, 15) is 4.79 Å². The van der Waals surface area contributed by atoms with Gasteiger partial charge in [0.25, 0.3) is 0 Å². The van der Waals surface area contributed by atoms with Crippen molar-refractivity contribution in [3.63, 3.8) is 0 Å². The molecular formula is C26H25N5O. The Morgan fingerprint density at radius 1 is 0.969 bits per heavy atom. The minimum absolute atomic E-state index is 0.0116. The Labute approximate surface area is 187 Å². The fourth-order valence-corrected chi connectivity index (χ4v) is 4.08. The number of pyridine rings is 2. The summed E-state index contributed by atoms with van der Waals surface area (Å²) in [6.07, 6.45) is 3.50. The third-order valence-electron chi connectivity index (χ3n) is 5.92. The summed E-state index contributed by atoms with van der Waals surface area (Å²) in [7, 11) is 0. The first-order valence-electron chi connectivity index (χ1n) is 10.9. The highest BCUT2D eigenvalue weighted by atomic mass is 16.1. The lowest BCUT2D eigenvalue weighted by Crippen LogP contribution is -2.43. The first kappa shape index (κ1) is 20.2. The topological polar surface area (TPSA) is 84.1 Å². The number of ketones is 1. The predicted octanol–water partition coefficient (Wildman–Crippen LogP) is 3.71. The van der Waals surface area contributed by atoms with Crippen molar-refractivity contribution in [2.45, 2.75) is 6.42 Å². The van der Waals surface area contributed by atoms with Crippen LogP contribution in [0.4, 0.5) is 11.4 Å². The van der Waals surface area contributed by atoms with Gasteiger partial charge in [0.2, 0.25) is 0 Å². The second kappa shape index (κ2) is 8.77. The first-order valence-corrected chi connectivity index (χ1v) is 10.9. The van der Waals surface area contributed by atoms with E-state index in [0.717, 1.165) is 53.9 Å². The molecule has 0 saturated carbocycles. The molecule has 1 fully saturated rings. The SMILES string of the molecule is Nc1cnc(-c2ccccc2)cc1CC(=O)c1cnc2cc(N3CCNCC3)ccc2c1. The molecule has 1 aliphatic heterocycles. The summed E-state index contributed by atoms with van der Waals surface area (Å²) in [5, 5.41) is 4.33. The van der Waals surface area contributed by atoms with Gasteiger partial charge in [0, 0.05) is 61.0 Å². The van der Waals surface area contributed by atoms with Crippen LogP contribution in [0, 0.1) is 0 Å². The number of piperazine rings is 1. The molecule has 1 saturated heterocycles. The summed E-state index contributed by atoms with van der Waals surface area (Å²) < 4.78 is 0. The van der Waals surface area contributed by atoms with Crippen molar-refractivity contribution in [2.75, 3.05) is 36.8 Å². The van der Waals surface area contributed by atoms with Crippen molar-refractivity contribution in [3.05, 3.63) is 84.2 Å². The van der Waals surface area contributed by atoms with Crippen molar-refractivity contribution in [1.29, 1.82) is 0 Å². The third-order valence-corrected chi connectivity index (χ3v) is 5.92. The van der Waals surface area contributed by atoms with Crippen LogP contribution in [0.15, 0.2) is 73.1 Å². The molecule has 160 valence electrons. The van der Waals surface area contributed by atoms with Crippen LogP contribution in [0.1, 0.15) is 15.9 Å². The molecule has 3 heterocycles. The van der Waals surface area contributed by atoms with E-state index in [1.54, 1.807) is 12.4 Å². The smallest absolute Gasteiger partial charge is 0.168 e. The highest BCUT2D eigenvalue weighted by Gasteiger charge is 2.14. The minimum Gasteiger partial charge on any atom is -0.397 e. The van der Waals surface area contributed by atoms with E-state index in [4.69, 9.17) is 5.73 Å². The molecule has 0 aliphatic carbocycles. The molecule has 0 bridgehead atoms. The van der Waals surface area contributed by atoms with Crippen molar-refractivity contribution in [2.24, 2.45) is 0 Å². The number of fused-ring (bicyclic) bond motifs is 1. The van der Waals surface area contributed by atoms with Gasteiger partial charge in [-0.3, -0.25) is 14.8 Å². The molecule has 0 radical (unpaired) electrons. The molecule has 0 spiro atoms. The maximum absolute atomic E-state index is 13.0. The zero-order valence-corrected chi connectivity index (χ0v) is 17.8. The number of hydrogen-bond donors (Lipinski definition) is 2. The van der Waals surface area contributed by atoms with Gasteiger partial charge in [-0.25, -0.2) is 0 Å². The van der Waals surface area contributed by atoms with Gasteiger partial charge in [0.15, 0.2) is 5.78 Å². The molecule has 6 heteroatoms. The number of anilines is 2. The monoisotopic (exact) mass is 423 g/mol. The van der Waals surface area contributed by atoms with Crippen LogP contribution >= 0.6 is 0 Å². The molecule has 32 heavy (non-hydrogen) atoms. The van der Waals surface area contributed by atoms with Gasteiger partial charge in [-0.2, -0.15) is 0 Å². The highest BCUT2D eigenvalue weighted by Crippen LogP contribution is 2.24. The molecule has 6 nitrogen and oxygen atoms in total. The molecular weight excluding hydrogens is 398 g/mol. The lowest BCUT2D eigenvalue weighted by molar-refractivity contribution is 0.0993. The van der Waals surface area contributed by atoms with E-state index < -0.39 is 0 Å². The van der Waals surface area contributed by atoms with E-state index in [1.165, 1.54) is 5.69 Å². The van der Waals surface area contributed by atoms with Gasteiger partial charge in [-0.05, 0) is 29.8 Å². The maximum Gasteiger partial charge on any atom is 0.168 e. The minimum atomic E-state index is -0.0116. The Kier molecular flexibility index (Phi) is 5.52. The van der Waals surface area contributed by atoms with Crippen LogP contribution in [0.25, 0.3) is 22.2 Å². The number of nitrogen functional groups attached to an aromatic ring is 1. The summed E-state index contributed by atoms with van der Waals surface area (Å²) in [5.74, 6) is -0.0116. The van der Waals surface area contributed by atoms with Crippen LogP contribution in [-0.2, 0) is 6.42 Å². The van der Waals surface area contributed by atoms with Crippen LogP contribution < -0.4 is 16.0 Å². The lowest BCUT2D eigenvalue weighted by Gasteiger charge is -2.29. The standard InChI is InChI=1S/C26H25N5O/c27-23-17-30-24(18-4-2-1-3-5-18)13-20(23)14-26(32)21-12-19-6-7-22(15-25(19)29-16-21)31-10-8-28-9-11-31/h1-7,12-13,15-17,28H,8-11,14,27H2. The molecule has 3 N–H and O–H groups in total. The molecule has 0 unspecified atom stereocenters. The molecule has 0 atom stereocenters. The average molecular weight is 424 g/mol. The molecule has 4 aromatic rings. The molecule has 2 aromatic heterocycles. The Bertz CT molecular complexity index is 1270. The number of nitrogens with zero attached hydrogens (tertiary/aromatic N) is 3. The quantitative estimate of drug-likeness (QED) is 0.476. The largest absolute Gasteiger partial charge is 0.397 e. The third kappa shape index (κ3) is 4.18. The second-order valence-corrected chi connectivity index (χ2v) is 8.07. The summed E-state index contributed by atoms with van der Waals surface area (Å²) in [6, 6.07) is 19.9. The molecule has 0 amide bonds. The van der Waals surface area contributed by atoms with Gasteiger partial charge in [0.1, 0.15) is 0 Å². The first-order chi connectivity index (χ1) is 15.7. The summed E-state index contributed by atoms with van der Waals surface area (Å²) in [5.41, 5.74) is 11.9. The van der Waals surface area contributed by atoms with Crippen molar-refractivity contribution >= 4 is 28.1 Å². The normalized spacial score (nSPS) is 13.9. The number of aromatic nitrogens is 2. The van der Waals surface area contributed by atoms with Crippen molar-refractivity contribution in [1.82, 2.24) is 15.3 Å². The van der Waals surface area contributed by atoms with Gasteiger partial charge in [-0.15, -0.1) is 0 Å². The summed E-state index contributed by atoms with van der Waals surface area (Å²) in [6.45, 7) is 3.95. The number of benzene rings is 2. The van der Waals surface area contributed by atoms with E-state index in [2.05, 4.69) is 32.3 Å². The fourth-order valence-electron chi connectivity index (χ4n) is 4.08. The van der Waals surface area contributed by atoms with Gasteiger partial charge in [-0.1, -0.05) is 36.4 Å². The zero-order chi connectivity index (χ0) is 21.9. The van der Waals surface area contributed by atoms with Crippen LogP contribution in [0.5, 0.6) is 0 Å². The summed E-state index contributed by atoms with van der Waals surface area (Å²) >= 11 is 0. The number of carbonyl (C=O) groups is 1. The van der Waals surface area contributed by atoms with Crippen molar-refractivity contribution in [3.8, 4) is 11.3 Å². The fraction of sp³-hybridized carbons (Fsp3) is 0.192. The highest BCUT2D eigenvalue weighted by molar-refractivity contribution is 6.00. The van der Waals surface area contributed by atoms with E-state index in [-0.39, 0.29) is 12.2 Å². The summed E-state index contributed by atoms with van der Waals surface area (Å²) in [4.78, 5) is 24.4. The van der Waals surface area contributed by atoms with E-state index >= 15 is 0 Å². The number of rotatable bonds is 5. The Hall–Kier alpha value is -3.77. The number of nitrogens with one attached hydrogen (secondary N) is 1. The van der Waals surface area contributed by atoms with Gasteiger partial charge < -0.3 is 16.0 Å². The number of hydrogen-bond acceptors (Lipinski definition) is 6.